The Labute approximate surface area is 192 Å². The normalized spacial score (nSPS) is 19.2. The number of hydrogen-bond acceptors (Lipinski definition) is 7. The fourth-order valence-electron chi connectivity index (χ4n) is 4.61. The fourth-order valence-corrected chi connectivity index (χ4v) is 5.33. The summed E-state index contributed by atoms with van der Waals surface area (Å²) in [5.41, 5.74) is 2.17. The number of nitrogens with one attached hydrogen (secondary N) is 2. The lowest BCUT2D eigenvalue weighted by Crippen LogP contribution is -2.37. The summed E-state index contributed by atoms with van der Waals surface area (Å²) in [4.78, 5) is 34.4. The summed E-state index contributed by atoms with van der Waals surface area (Å²) in [5.74, 6) is 1.88. The van der Waals surface area contributed by atoms with Gasteiger partial charge < -0.3 is 19.8 Å². The van der Waals surface area contributed by atoms with Gasteiger partial charge in [0.15, 0.2) is 22.4 Å². The van der Waals surface area contributed by atoms with Crippen LogP contribution >= 0.6 is 11.8 Å². The molecule has 0 radical (unpaired) electrons. The fraction of sp³-hybridized carbons (Fsp3) is 0.458. The molecule has 1 aliphatic carbocycles. The maximum absolute atomic E-state index is 13.4. The van der Waals surface area contributed by atoms with Crippen LogP contribution in [0, 0.1) is 5.41 Å². The third-order valence-electron chi connectivity index (χ3n) is 5.89. The van der Waals surface area contributed by atoms with Crippen molar-refractivity contribution in [3.63, 3.8) is 0 Å². The van der Waals surface area contributed by atoms with E-state index in [1.807, 2.05) is 12.1 Å². The van der Waals surface area contributed by atoms with Crippen LogP contribution in [0.3, 0.4) is 0 Å². The van der Waals surface area contributed by atoms with Gasteiger partial charge in [-0.15, -0.1) is 0 Å². The Kier molecular flexibility index (Phi) is 6.07. The second-order valence-corrected chi connectivity index (χ2v) is 10.0. The number of carbonyl (C=O) groups excluding carboxylic acids is 1. The molecule has 2 aliphatic rings. The first-order valence-electron chi connectivity index (χ1n) is 10.8. The van der Waals surface area contributed by atoms with Crippen molar-refractivity contribution >= 4 is 23.4 Å². The number of fused-ring (bicyclic) bond motifs is 1. The van der Waals surface area contributed by atoms with Gasteiger partial charge in [0.25, 0.3) is 5.56 Å². The average Bonchev–Trinajstić information content (AvgIpc) is 2.74. The highest BCUT2D eigenvalue weighted by Crippen LogP contribution is 2.50. The minimum atomic E-state index is -0.587. The van der Waals surface area contributed by atoms with Gasteiger partial charge >= 0.3 is 0 Å². The smallest absolute Gasteiger partial charge is 0.257 e. The molecule has 0 bridgehead atoms. The lowest BCUT2D eigenvalue weighted by Gasteiger charge is -2.38. The van der Waals surface area contributed by atoms with E-state index in [4.69, 9.17) is 14.5 Å². The molecule has 4 rings (SSSR count). The number of aromatic nitrogens is 2. The maximum Gasteiger partial charge on any atom is 0.257 e. The number of anilines is 1. The predicted molar refractivity (Wildman–Crippen MR) is 126 cm³/mol. The second-order valence-electron chi connectivity index (χ2n) is 8.96. The maximum atomic E-state index is 13.4. The molecule has 1 atom stereocenters. The van der Waals surface area contributed by atoms with Gasteiger partial charge in [-0.05, 0) is 24.3 Å². The van der Waals surface area contributed by atoms with Gasteiger partial charge in [0.05, 0.1) is 25.7 Å². The first-order valence-corrected chi connectivity index (χ1v) is 11.8. The van der Waals surface area contributed by atoms with Gasteiger partial charge in [-0.1, -0.05) is 44.7 Å². The summed E-state index contributed by atoms with van der Waals surface area (Å²) in [7, 11) is 3.14. The summed E-state index contributed by atoms with van der Waals surface area (Å²) in [6.07, 6.45) is 2.09. The summed E-state index contributed by atoms with van der Waals surface area (Å²) in [6.45, 7) is 6.25. The SMILES string of the molecule is CCCSc1nc2c(c(=O)[nH]1)C(c1cccc(OC)c1OC)C1=C(CC(C)(C)CC1=O)N2. The molecule has 0 spiro atoms. The molecule has 0 saturated carbocycles. The lowest BCUT2D eigenvalue weighted by molar-refractivity contribution is -0.118. The number of allylic oxidation sites excluding steroid dienone is 2. The first kappa shape index (κ1) is 22.5. The Morgan fingerprint density at radius 1 is 1.19 bits per heavy atom. The van der Waals surface area contributed by atoms with E-state index in [1.54, 1.807) is 20.3 Å². The quantitative estimate of drug-likeness (QED) is 0.490. The minimum Gasteiger partial charge on any atom is -0.493 e. The van der Waals surface area contributed by atoms with E-state index < -0.39 is 5.92 Å². The zero-order valence-corrected chi connectivity index (χ0v) is 19.9. The number of nitrogens with zero attached hydrogens (tertiary/aromatic N) is 1. The summed E-state index contributed by atoms with van der Waals surface area (Å²) in [5, 5.41) is 3.92. The van der Waals surface area contributed by atoms with Crippen molar-refractivity contribution in [3.05, 3.63) is 50.9 Å². The summed E-state index contributed by atoms with van der Waals surface area (Å²) < 4.78 is 11.2. The van der Waals surface area contributed by atoms with Gasteiger partial charge in [-0.3, -0.25) is 9.59 Å². The Balaban J connectivity index is 1.98. The van der Waals surface area contributed by atoms with E-state index in [0.717, 1.165) is 23.4 Å². The monoisotopic (exact) mass is 455 g/mol. The van der Waals surface area contributed by atoms with Crippen LogP contribution in [0.1, 0.15) is 57.1 Å². The van der Waals surface area contributed by atoms with Crippen molar-refractivity contribution in [1.29, 1.82) is 0 Å². The van der Waals surface area contributed by atoms with Crippen LogP contribution in [0.2, 0.25) is 0 Å². The standard InChI is InChI=1S/C24H29N3O4S/c1-6-10-32-23-26-21-19(22(29)27-23)17(13-8-7-9-16(30-4)20(13)31-5)18-14(25-21)11-24(2,3)12-15(18)28/h7-9,17H,6,10-12H2,1-5H3,(H2,25,26,27,29). The van der Waals surface area contributed by atoms with Crippen molar-refractivity contribution < 1.29 is 14.3 Å². The molecule has 0 fully saturated rings. The third kappa shape index (κ3) is 3.92. The molecule has 2 N–H and O–H groups in total. The summed E-state index contributed by atoms with van der Waals surface area (Å²) in [6, 6.07) is 5.54. The number of benzene rings is 1. The molecule has 1 aromatic heterocycles. The van der Waals surface area contributed by atoms with Crippen molar-refractivity contribution in [1.82, 2.24) is 9.97 Å². The summed E-state index contributed by atoms with van der Waals surface area (Å²) >= 11 is 1.51. The molecule has 0 amide bonds. The highest BCUT2D eigenvalue weighted by molar-refractivity contribution is 7.99. The van der Waals surface area contributed by atoms with E-state index in [9.17, 15) is 9.59 Å². The number of aromatic amines is 1. The molecule has 2 heterocycles. The molecule has 170 valence electrons. The van der Waals surface area contributed by atoms with Crippen LogP contribution in [0.25, 0.3) is 0 Å². The van der Waals surface area contributed by atoms with Crippen LogP contribution in [0.15, 0.2) is 39.4 Å². The first-order chi connectivity index (χ1) is 15.3. The van der Waals surface area contributed by atoms with E-state index >= 15 is 0 Å². The number of H-pyrrole nitrogens is 1. The second kappa shape index (κ2) is 8.65. The Bertz CT molecular complexity index is 1150. The topological polar surface area (TPSA) is 93.3 Å². The number of Topliss-reactive ketones (excluding diaryl/α,β-unsaturated/α-hetero) is 1. The number of hydrogen-bond donors (Lipinski definition) is 2. The van der Waals surface area contributed by atoms with Crippen LogP contribution in [0.5, 0.6) is 11.5 Å². The van der Waals surface area contributed by atoms with Crippen LogP contribution < -0.4 is 20.3 Å². The molecule has 32 heavy (non-hydrogen) atoms. The van der Waals surface area contributed by atoms with Crippen molar-refractivity contribution in [2.75, 3.05) is 25.3 Å². The zero-order valence-electron chi connectivity index (χ0n) is 19.1. The van der Waals surface area contributed by atoms with E-state index in [2.05, 4.69) is 31.1 Å². The Morgan fingerprint density at radius 3 is 2.66 bits per heavy atom. The number of ketones is 1. The van der Waals surface area contributed by atoms with Gasteiger partial charge in [-0.2, -0.15) is 0 Å². The van der Waals surface area contributed by atoms with Crippen LogP contribution in [-0.2, 0) is 4.79 Å². The van der Waals surface area contributed by atoms with E-state index in [1.165, 1.54) is 11.8 Å². The Hall–Kier alpha value is -2.74. The molecule has 0 saturated heterocycles. The molecule has 7 nitrogen and oxygen atoms in total. The number of ether oxygens (including phenoxy) is 2. The molecular weight excluding hydrogens is 426 g/mol. The average molecular weight is 456 g/mol. The van der Waals surface area contributed by atoms with Crippen molar-refractivity contribution in [3.8, 4) is 11.5 Å². The van der Waals surface area contributed by atoms with Gasteiger partial charge in [0.2, 0.25) is 0 Å². The van der Waals surface area contributed by atoms with E-state index in [0.29, 0.717) is 46.5 Å². The van der Waals surface area contributed by atoms with Crippen LogP contribution in [0.4, 0.5) is 5.82 Å². The van der Waals surface area contributed by atoms with E-state index in [-0.39, 0.29) is 16.8 Å². The predicted octanol–water partition coefficient (Wildman–Crippen LogP) is 4.49. The number of rotatable bonds is 6. The van der Waals surface area contributed by atoms with Crippen molar-refractivity contribution in [2.24, 2.45) is 5.41 Å². The zero-order chi connectivity index (χ0) is 23.0. The molecule has 1 aromatic carbocycles. The highest BCUT2D eigenvalue weighted by Gasteiger charge is 2.43. The largest absolute Gasteiger partial charge is 0.493 e. The molecule has 2 aromatic rings. The molecule has 8 heteroatoms. The Morgan fingerprint density at radius 2 is 1.97 bits per heavy atom. The third-order valence-corrected chi connectivity index (χ3v) is 6.97. The molecule has 1 aliphatic heterocycles. The minimum absolute atomic E-state index is 0.0353. The van der Waals surface area contributed by atoms with Gasteiger partial charge in [0, 0.05) is 29.0 Å². The molecule has 1 unspecified atom stereocenters. The lowest BCUT2D eigenvalue weighted by atomic mass is 9.69. The van der Waals surface area contributed by atoms with Gasteiger partial charge in [0.1, 0.15) is 5.82 Å². The van der Waals surface area contributed by atoms with Crippen LogP contribution in [-0.4, -0.2) is 35.7 Å². The molecular formula is C24H29N3O4S. The van der Waals surface area contributed by atoms with Crippen molar-refractivity contribution in [2.45, 2.75) is 51.1 Å². The highest BCUT2D eigenvalue weighted by atomic mass is 32.2. The van der Waals surface area contributed by atoms with Gasteiger partial charge in [-0.25, -0.2) is 4.98 Å². The number of thioether (sulfide) groups is 1. The number of para-hydroxylation sites is 1. The number of methoxy groups -OCH3 is 2. The number of carbonyl (C=O) groups is 1.